The maximum absolute atomic E-state index is 11.8. The Labute approximate surface area is 128 Å². The summed E-state index contributed by atoms with van der Waals surface area (Å²) in [4.78, 5) is 14.3. The normalized spacial score (nSPS) is 17.5. The Morgan fingerprint density at radius 2 is 2.43 bits per heavy atom. The second kappa shape index (κ2) is 6.78. The van der Waals surface area contributed by atoms with E-state index in [1.807, 2.05) is 6.92 Å². The first-order valence-corrected chi connectivity index (χ1v) is 7.85. The molecule has 1 amide bonds. The summed E-state index contributed by atoms with van der Waals surface area (Å²) < 4.78 is 5.66. The highest BCUT2D eigenvalue weighted by atomic mass is 32.1. The fraction of sp³-hybridized carbons (Fsp3) is 0.571. The number of nitrogens with one attached hydrogen (secondary N) is 1. The highest BCUT2D eigenvalue weighted by Gasteiger charge is 2.26. The number of carbonyl (C=O) groups is 1. The van der Waals surface area contributed by atoms with Crippen LogP contribution in [0.4, 0.5) is 10.7 Å². The highest BCUT2D eigenvalue weighted by Crippen LogP contribution is 2.38. The lowest BCUT2D eigenvalue weighted by Gasteiger charge is -2.24. The largest absolute Gasteiger partial charge is 0.396 e. The summed E-state index contributed by atoms with van der Waals surface area (Å²) in [5.41, 5.74) is 6.61. The zero-order valence-corrected chi connectivity index (χ0v) is 13.1. The summed E-state index contributed by atoms with van der Waals surface area (Å²) in [5, 5.41) is 12.7. The number of nitrogens with two attached hydrogens (primary N) is 1. The molecule has 6 nitrogen and oxygen atoms in total. The summed E-state index contributed by atoms with van der Waals surface area (Å²) in [5.74, 6) is -0.256. The van der Waals surface area contributed by atoms with E-state index in [9.17, 15) is 10.1 Å². The molecule has 1 aliphatic rings. The van der Waals surface area contributed by atoms with Crippen LogP contribution in [0.1, 0.15) is 35.0 Å². The lowest BCUT2D eigenvalue weighted by Crippen LogP contribution is -2.31. The van der Waals surface area contributed by atoms with Gasteiger partial charge in [-0.1, -0.05) is 0 Å². The van der Waals surface area contributed by atoms with Crippen molar-refractivity contribution in [1.29, 1.82) is 5.26 Å². The molecule has 1 aromatic rings. The van der Waals surface area contributed by atoms with Crippen molar-refractivity contribution in [2.24, 2.45) is 0 Å². The van der Waals surface area contributed by atoms with Crippen molar-refractivity contribution in [3.8, 4) is 6.07 Å². The number of nitrogens with zero attached hydrogens (tertiary/aromatic N) is 2. The number of carbonyl (C=O) groups excluding carboxylic acids is 1. The van der Waals surface area contributed by atoms with Gasteiger partial charge in [0.1, 0.15) is 21.5 Å². The molecule has 0 aliphatic carbocycles. The quantitative estimate of drug-likeness (QED) is 0.861. The van der Waals surface area contributed by atoms with Crippen LogP contribution in [0.5, 0.6) is 0 Å². The van der Waals surface area contributed by atoms with Crippen molar-refractivity contribution in [1.82, 2.24) is 5.32 Å². The second-order valence-corrected chi connectivity index (χ2v) is 5.89. The van der Waals surface area contributed by atoms with E-state index in [0.717, 1.165) is 37.5 Å². The third-order valence-corrected chi connectivity index (χ3v) is 4.85. The summed E-state index contributed by atoms with van der Waals surface area (Å²) in [6.07, 6.45) is 2.29. The van der Waals surface area contributed by atoms with Gasteiger partial charge in [0.2, 0.25) is 0 Å². The number of nitriles is 1. The molecule has 2 heterocycles. The maximum Gasteiger partial charge on any atom is 0.263 e. The number of ether oxygens (including phenoxy) is 1. The summed E-state index contributed by atoms with van der Waals surface area (Å²) in [6.45, 7) is 4.27. The lowest BCUT2D eigenvalue weighted by atomic mass is 10.2. The number of anilines is 2. The van der Waals surface area contributed by atoms with Crippen molar-refractivity contribution < 1.29 is 9.53 Å². The van der Waals surface area contributed by atoms with Crippen molar-refractivity contribution in [2.45, 2.75) is 25.9 Å². The highest BCUT2D eigenvalue weighted by molar-refractivity contribution is 7.19. The van der Waals surface area contributed by atoms with Crippen LogP contribution in [-0.2, 0) is 4.74 Å². The van der Waals surface area contributed by atoms with Crippen molar-refractivity contribution >= 4 is 27.9 Å². The third-order valence-electron chi connectivity index (χ3n) is 3.59. The molecule has 1 unspecified atom stereocenters. The zero-order valence-electron chi connectivity index (χ0n) is 12.3. The number of thiophene rings is 1. The van der Waals surface area contributed by atoms with Gasteiger partial charge in [-0.05, 0) is 19.8 Å². The molecule has 1 fully saturated rings. The van der Waals surface area contributed by atoms with E-state index in [1.165, 1.54) is 11.3 Å². The SMILES string of the molecule is CCN(CC1CCCO1)c1sc(C(=O)NC)c(N)c1C#N. The first-order chi connectivity index (χ1) is 10.1. The first-order valence-electron chi connectivity index (χ1n) is 7.03. The number of hydrogen-bond donors (Lipinski definition) is 2. The number of rotatable bonds is 5. The van der Waals surface area contributed by atoms with E-state index in [4.69, 9.17) is 10.5 Å². The van der Waals surface area contributed by atoms with Crippen LogP contribution in [0.25, 0.3) is 0 Å². The molecule has 1 atom stereocenters. The smallest absolute Gasteiger partial charge is 0.263 e. The molecule has 0 bridgehead atoms. The van der Waals surface area contributed by atoms with Crippen LogP contribution < -0.4 is 16.0 Å². The minimum absolute atomic E-state index is 0.184. The van der Waals surface area contributed by atoms with Gasteiger partial charge in [-0.3, -0.25) is 4.79 Å². The fourth-order valence-corrected chi connectivity index (χ4v) is 3.62. The Bertz CT molecular complexity index is 558. The van der Waals surface area contributed by atoms with Gasteiger partial charge >= 0.3 is 0 Å². The Balaban J connectivity index is 2.31. The molecule has 1 saturated heterocycles. The predicted molar refractivity (Wildman–Crippen MR) is 83.7 cm³/mol. The van der Waals surface area contributed by atoms with Gasteiger partial charge in [0.05, 0.1) is 11.8 Å². The molecule has 1 aliphatic heterocycles. The Kier molecular flexibility index (Phi) is 5.04. The molecule has 3 N–H and O–H groups in total. The van der Waals surface area contributed by atoms with Crippen molar-refractivity contribution in [2.75, 3.05) is 37.4 Å². The van der Waals surface area contributed by atoms with Crippen LogP contribution >= 0.6 is 11.3 Å². The van der Waals surface area contributed by atoms with Gasteiger partial charge in [-0.15, -0.1) is 11.3 Å². The maximum atomic E-state index is 11.8. The van der Waals surface area contributed by atoms with Crippen LogP contribution in [0.2, 0.25) is 0 Å². The predicted octanol–water partition coefficient (Wildman–Crippen LogP) is 1.57. The van der Waals surface area contributed by atoms with E-state index < -0.39 is 0 Å². The molecule has 114 valence electrons. The van der Waals surface area contributed by atoms with Crippen molar-refractivity contribution in [3.05, 3.63) is 10.4 Å². The minimum Gasteiger partial charge on any atom is -0.396 e. The molecule has 1 aromatic heterocycles. The van der Waals surface area contributed by atoms with Crippen LogP contribution in [0.15, 0.2) is 0 Å². The Hall–Kier alpha value is -1.78. The third kappa shape index (κ3) is 3.12. The number of nitrogen functional groups attached to an aromatic ring is 1. The fourth-order valence-electron chi connectivity index (χ4n) is 2.43. The van der Waals surface area contributed by atoms with Gasteiger partial charge in [-0.2, -0.15) is 5.26 Å². The Morgan fingerprint density at radius 1 is 1.67 bits per heavy atom. The van der Waals surface area contributed by atoms with Gasteiger partial charge in [0.25, 0.3) is 5.91 Å². The molecule has 21 heavy (non-hydrogen) atoms. The molecular formula is C14H20N4O2S. The van der Waals surface area contributed by atoms with Gasteiger partial charge in [0.15, 0.2) is 0 Å². The molecule has 0 saturated carbocycles. The van der Waals surface area contributed by atoms with Crippen LogP contribution in [0.3, 0.4) is 0 Å². The van der Waals surface area contributed by atoms with Crippen LogP contribution in [0, 0.1) is 11.3 Å². The molecular weight excluding hydrogens is 288 g/mol. The van der Waals surface area contributed by atoms with Gasteiger partial charge < -0.3 is 20.7 Å². The van der Waals surface area contributed by atoms with Crippen LogP contribution in [-0.4, -0.2) is 38.8 Å². The second-order valence-electron chi connectivity index (χ2n) is 4.89. The standard InChI is InChI=1S/C14H20N4O2S/c1-3-18(8-9-5-4-6-20-9)14-10(7-15)11(16)12(21-14)13(19)17-2/h9H,3-6,8,16H2,1-2H3,(H,17,19). The summed E-state index contributed by atoms with van der Waals surface area (Å²) in [6, 6.07) is 2.13. The van der Waals surface area contributed by atoms with E-state index in [0.29, 0.717) is 10.4 Å². The van der Waals surface area contributed by atoms with E-state index in [1.54, 1.807) is 7.05 Å². The molecule has 0 aromatic carbocycles. The molecule has 7 heteroatoms. The number of likely N-dealkylation sites (N-methyl/N-ethyl adjacent to an activating group) is 1. The number of amides is 1. The molecule has 0 radical (unpaired) electrons. The topological polar surface area (TPSA) is 91.4 Å². The van der Waals surface area contributed by atoms with Crippen molar-refractivity contribution in [3.63, 3.8) is 0 Å². The Morgan fingerprint density at radius 3 is 2.95 bits per heavy atom. The first kappa shape index (κ1) is 15.6. The minimum atomic E-state index is -0.256. The summed E-state index contributed by atoms with van der Waals surface area (Å²) >= 11 is 1.27. The molecule has 0 spiro atoms. The lowest BCUT2D eigenvalue weighted by molar-refractivity contribution is 0.0968. The van der Waals surface area contributed by atoms with Gasteiger partial charge in [0, 0.05) is 26.7 Å². The average Bonchev–Trinajstić information content (AvgIpc) is 3.11. The van der Waals surface area contributed by atoms with E-state index in [-0.39, 0.29) is 17.7 Å². The monoisotopic (exact) mass is 308 g/mol. The number of hydrogen-bond acceptors (Lipinski definition) is 6. The van der Waals surface area contributed by atoms with E-state index >= 15 is 0 Å². The van der Waals surface area contributed by atoms with E-state index in [2.05, 4.69) is 16.3 Å². The average molecular weight is 308 g/mol. The zero-order chi connectivity index (χ0) is 15.4. The van der Waals surface area contributed by atoms with Gasteiger partial charge in [-0.25, -0.2) is 0 Å². The molecule has 2 rings (SSSR count). The summed E-state index contributed by atoms with van der Waals surface area (Å²) in [7, 11) is 1.55.